The molecule has 0 aliphatic carbocycles. The van der Waals surface area contributed by atoms with Gasteiger partial charge in [0, 0.05) is 31.7 Å². The van der Waals surface area contributed by atoms with Crippen molar-refractivity contribution in [3.05, 3.63) is 70.5 Å². The molecular formula is C26H29ClFN3O3. The molecule has 3 amide bonds. The van der Waals surface area contributed by atoms with Crippen LogP contribution in [0, 0.1) is 11.7 Å². The predicted octanol–water partition coefficient (Wildman–Crippen LogP) is 4.14. The number of likely N-dealkylation sites (tertiary alicyclic amines) is 2. The quantitative estimate of drug-likeness (QED) is 0.692. The predicted molar refractivity (Wildman–Crippen MR) is 128 cm³/mol. The van der Waals surface area contributed by atoms with Gasteiger partial charge >= 0.3 is 0 Å². The Morgan fingerprint density at radius 1 is 0.882 bits per heavy atom. The molecule has 0 unspecified atom stereocenters. The first-order valence-electron chi connectivity index (χ1n) is 11.8. The smallest absolute Gasteiger partial charge is 0.253 e. The van der Waals surface area contributed by atoms with Gasteiger partial charge in [0.05, 0.1) is 10.6 Å². The monoisotopic (exact) mass is 485 g/mol. The zero-order valence-electron chi connectivity index (χ0n) is 19.0. The van der Waals surface area contributed by atoms with Gasteiger partial charge in [0.15, 0.2) is 0 Å². The SMILES string of the molecule is O=C(N[C@@H](C(=O)N1CCCCC1)C1CCN(C(=O)c2ccc(F)cc2)CC1)c1ccccc1Cl. The summed E-state index contributed by atoms with van der Waals surface area (Å²) < 4.78 is 13.2. The van der Waals surface area contributed by atoms with E-state index in [1.54, 1.807) is 29.2 Å². The second kappa shape index (κ2) is 11.0. The molecule has 0 radical (unpaired) electrons. The molecule has 0 bridgehead atoms. The number of carbonyl (C=O) groups excluding carboxylic acids is 3. The first kappa shape index (κ1) is 24.2. The van der Waals surface area contributed by atoms with Crippen LogP contribution in [0.2, 0.25) is 5.02 Å². The molecule has 8 heteroatoms. The van der Waals surface area contributed by atoms with E-state index in [1.807, 2.05) is 4.90 Å². The van der Waals surface area contributed by atoms with Gasteiger partial charge in [-0.1, -0.05) is 23.7 Å². The van der Waals surface area contributed by atoms with E-state index in [9.17, 15) is 18.8 Å². The van der Waals surface area contributed by atoms with E-state index in [-0.39, 0.29) is 29.5 Å². The number of amides is 3. The summed E-state index contributed by atoms with van der Waals surface area (Å²) in [6, 6.07) is 11.6. The second-order valence-corrected chi connectivity index (χ2v) is 9.36. The Bertz CT molecular complexity index is 1030. The molecule has 34 heavy (non-hydrogen) atoms. The summed E-state index contributed by atoms with van der Waals surface area (Å²) in [6.07, 6.45) is 4.19. The van der Waals surface area contributed by atoms with Gasteiger partial charge in [0.1, 0.15) is 11.9 Å². The van der Waals surface area contributed by atoms with Gasteiger partial charge in [-0.25, -0.2) is 4.39 Å². The number of carbonyl (C=O) groups is 3. The van der Waals surface area contributed by atoms with Crippen LogP contribution in [0.15, 0.2) is 48.5 Å². The first-order valence-corrected chi connectivity index (χ1v) is 12.2. The van der Waals surface area contributed by atoms with Crippen molar-refractivity contribution in [1.29, 1.82) is 0 Å². The van der Waals surface area contributed by atoms with Gasteiger partial charge in [-0.15, -0.1) is 0 Å². The van der Waals surface area contributed by atoms with E-state index in [2.05, 4.69) is 5.32 Å². The van der Waals surface area contributed by atoms with Crippen LogP contribution in [0.4, 0.5) is 4.39 Å². The van der Waals surface area contributed by atoms with Crippen molar-refractivity contribution in [2.75, 3.05) is 26.2 Å². The summed E-state index contributed by atoms with van der Waals surface area (Å²) in [5, 5.41) is 3.30. The molecule has 6 nitrogen and oxygen atoms in total. The van der Waals surface area contributed by atoms with Crippen LogP contribution in [0.5, 0.6) is 0 Å². The maximum Gasteiger partial charge on any atom is 0.253 e. The minimum atomic E-state index is -0.676. The summed E-state index contributed by atoms with van der Waals surface area (Å²) in [7, 11) is 0. The zero-order chi connectivity index (χ0) is 24.1. The molecule has 1 atom stereocenters. The minimum absolute atomic E-state index is 0.0663. The third-order valence-electron chi connectivity index (χ3n) is 6.73. The summed E-state index contributed by atoms with van der Waals surface area (Å²) in [5.74, 6) is -1.08. The third-order valence-corrected chi connectivity index (χ3v) is 7.06. The zero-order valence-corrected chi connectivity index (χ0v) is 19.8. The van der Waals surface area contributed by atoms with Gasteiger partial charge in [-0.05, 0) is 74.4 Å². The molecule has 2 fully saturated rings. The topological polar surface area (TPSA) is 69.7 Å². The first-order chi connectivity index (χ1) is 16.4. The standard InChI is InChI=1S/C26H29ClFN3O3/c27-22-7-3-2-6-21(22)24(32)29-23(26(34)30-14-4-1-5-15-30)18-12-16-31(17-13-18)25(33)19-8-10-20(28)11-9-19/h2-3,6-11,18,23H,1,4-5,12-17H2,(H,29,32)/t23-/m1/s1. The van der Waals surface area contributed by atoms with Gasteiger partial charge in [0.25, 0.3) is 11.8 Å². The molecule has 4 rings (SSSR count). The lowest BCUT2D eigenvalue weighted by Gasteiger charge is -2.38. The Balaban J connectivity index is 1.47. The van der Waals surface area contributed by atoms with Crippen LogP contribution in [-0.4, -0.2) is 59.7 Å². The number of nitrogens with one attached hydrogen (secondary N) is 1. The molecule has 0 spiro atoms. The van der Waals surface area contributed by atoms with E-state index in [0.717, 1.165) is 19.3 Å². The lowest BCUT2D eigenvalue weighted by Crippen LogP contribution is -2.55. The number of benzene rings is 2. The average molecular weight is 486 g/mol. The maximum atomic E-state index is 13.5. The van der Waals surface area contributed by atoms with Crippen LogP contribution in [0.1, 0.15) is 52.8 Å². The third kappa shape index (κ3) is 5.58. The van der Waals surface area contributed by atoms with Crippen LogP contribution in [0.25, 0.3) is 0 Å². The van der Waals surface area contributed by atoms with Crippen LogP contribution in [0.3, 0.4) is 0 Å². The molecule has 2 heterocycles. The lowest BCUT2D eigenvalue weighted by molar-refractivity contribution is -0.136. The van der Waals surface area contributed by atoms with Crippen LogP contribution in [-0.2, 0) is 4.79 Å². The van der Waals surface area contributed by atoms with Crippen molar-refractivity contribution in [3.8, 4) is 0 Å². The van der Waals surface area contributed by atoms with Crippen molar-refractivity contribution in [1.82, 2.24) is 15.1 Å². The highest BCUT2D eigenvalue weighted by atomic mass is 35.5. The molecule has 0 saturated carbocycles. The Kier molecular flexibility index (Phi) is 7.83. The highest BCUT2D eigenvalue weighted by molar-refractivity contribution is 6.33. The van der Waals surface area contributed by atoms with Crippen molar-refractivity contribution in [2.45, 2.75) is 38.1 Å². The van der Waals surface area contributed by atoms with E-state index in [1.165, 1.54) is 24.3 Å². The van der Waals surface area contributed by atoms with Crippen LogP contribution < -0.4 is 5.32 Å². The van der Waals surface area contributed by atoms with E-state index < -0.39 is 6.04 Å². The van der Waals surface area contributed by atoms with Gasteiger partial charge in [-0.2, -0.15) is 0 Å². The Morgan fingerprint density at radius 3 is 2.18 bits per heavy atom. The number of hydrogen-bond acceptors (Lipinski definition) is 3. The molecule has 2 saturated heterocycles. The lowest BCUT2D eigenvalue weighted by atomic mass is 9.87. The summed E-state index contributed by atoms with van der Waals surface area (Å²) >= 11 is 6.21. The molecule has 1 N–H and O–H groups in total. The van der Waals surface area contributed by atoms with Crippen molar-refractivity contribution in [3.63, 3.8) is 0 Å². The number of hydrogen-bond donors (Lipinski definition) is 1. The number of rotatable bonds is 5. The van der Waals surface area contributed by atoms with E-state index in [0.29, 0.717) is 55.2 Å². The highest BCUT2D eigenvalue weighted by Gasteiger charge is 2.36. The van der Waals surface area contributed by atoms with Gasteiger partial charge in [0.2, 0.25) is 5.91 Å². The Hall–Kier alpha value is -2.93. The maximum absolute atomic E-state index is 13.5. The van der Waals surface area contributed by atoms with Gasteiger partial charge in [-0.3, -0.25) is 14.4 Å². The molecule has 2 aromatic carbocycles. The van der Waals surface area contributed by atoms with E-state index >= 15 is 0 Å². The largest absolute Gasteiger partial charge is 0.341 e. The molecule has 0 aromatic heterocycles. The number of piperidine rings is 2. The van der Waals surface area contributed by atoms with Crippen molar-refractivity contribution >= 4 is 29.3 Å². The summed E-state index contributed by atoms with van der Waals surface area (Å²) in [5.41, 5.74) is 0.775. The molecule has 2 aliphatic heterocycles. The summed E-state index contributed by atoms with van der Waals surface area (Å²) in [4.78, 5) is 42.9. The number of halogens is 2. The molecule has 2 aromatic rings. The summed E-state index contributed by atoms with van der Waals surface area (Å²) in [6.45, 7) is 2.32. The highest BCUT2D eigenvalue weighted by Crippen LogP contribution is 2.25. The molecule has 180 valence electrons. The molecule has 2 aliphatic rings. The van der Waals surface area contributed by atoms with Gasteiger partial charge < -0.3 is 15.1 Å². The van der Waals surface area contributed by atoms with Crippen molar-refractivity contribution < 1.29 is 18.8 Å². The minimum Gasteiger partial charge on any atom is -0.341 e. The molecular weight excluding hydrogens is 457 g/mol. The fourth-order valence-corrected chi connectivity index (χ4v) is 4.99. The Labute approximate surface area is 204 Å². The van der Waals surface area contributed by atoms with E-state index in [4.69, 9.17) is 11.6 Å². The Morgan fingerprint density at radius 2 is 1.53 bits per heavy atom. The fourth-order valence-electron chi connectivity index (χ4n) is 4.77. The number of nitrogens with zero attached hydrogens (tertiary/aromatic N) is 2. The van der Waals surface area contributed by atoms with Crippen molar-refractivity contribution in [2.24, 2.45) is 5.92 Å². The fraction of sp³-hybridized carbons (Fsp3) is 0.423. The van der Waals surface area contributed by atoms with Crippen LogP contribution >= 0.6 is 11.6 Å². The second-order valence-electron chi connectivity index (χ2n) is 8.95. The average Bonchev–Trinajstić information content (AvgIpc) is 2.88. The normalized spacial score (nSPS) is 17.8.